The minimum absolute atomic E-state index is 0.197. The van der Waals surface area contributed by atoms with Crippen LogP contribution in [0, 0.1) is 16.0 Å². The molecule has 0 spiro atoms. The molecule has 0 N–H and O–H groups in total. The molecule has 1 aromatic rings. The number of nitro groups is 1. The van der Waals surface area contributed by atoms with Gasteiger partial charge in [-0.1, -0.05) is 15.9 Å². The van der Waals surface area contributed by atoms with Crippen LogP contribution >= 0.6 is 15.9 Å². The maximum absolute atomic E-state index is 11.0. The molecule has 0 radical (unpaired) electrons. The van der Waals surface area contributed by atoms with Gasteiger partial charge in [-0.05, 0) is 30.9 Å². The second kappa shape index (κ2) is 6.32. The molecule has 2 aliphatic rings. The molecule has 0 unspecified atom stereocenters. The molecule has 2 fully saturated rings. The van der Waals surface area contributed by atoms with Crippen LogP contribution in [-0.4, -0.2) is 42.5 Å². The second-order valence-corrected chi connectivity index (χ2v) is 6.50. The average molecular weight is 354 g/mol. The zero-order valence-electron chi connectivity index (χ0n) is 12.0. The number of hydrogen-bond donors (Lipinski definition) is 0. The largest absolute Gasteiger partial charge is 0.369 e. The van der Waals surface area contributed by atoms with Crippen LogP contribution in [0.3, 0.4) is 0 Å². The number of hydrogen-bond acceptors (Lipinski definition) is 4. The number of alkyl halides is 1. The molecule has 1 aliphatic heterocycles. The Morgan fingerprint density at radius 3 is 2.52 bits per heavy atom. The standard InChI is InChI=1S/C15H20BrN3O2/c16-10-13-9-14(3-4-15(13)19(20)21)18-7-5-17(6-8-18)11-12-1-2-12/h3-4,9,12H,1-2,5-8,10-11H2. The van der Waals surface area contributed by atoms with Gasteiger partial charge >= 0.3 is 0 Å². The summed E-state index contributed by atoms with van der Waals surface area (Å²) in [6, 6.07) is 5.45. The van der Waals surface area contributed by atoms with Crippen molar-refractivity contribution >= 4 is 27.3 Å². The highest BCUT2D eigenvalue weighted by molar-refractivity contribution is 9.08. The maximum atomic E-state index is 11.0. The summed E-state index contributed by atoms with van der Waals surface area (Å²) in [4.78, 5) is 15.6. The Hall–Kier alpha value is -1.14. The summed E-state index contributed by atoms with van der Waals surface area (Å²) in [6.45, 7) is 5.45. The molecular weight excluding hydrogens is 334 g/mol. The Morgan fingerprint density at radius 2 is 1.95 bits per heavy atom. The number of halogens is 1. The molecule has 1 saturated heterocycles. The molecule has 0 amide bonds. The highest BCUT2D eigenvalue weighted by Crippen LogP contribution is 2.31. The maximum Gasteiger partial charge on any atom is 0.273 e. The Morgan fingerprint density at radius 1 is 1.24 bits per heavy atom. The van der Waals surface area contributed by atoms with Crippen molar-refractivity contribution in [3.8, 4) is 0 Å². The van der Waals surface area contributed by atoms with Crippen molar-refractivity contribution < 1.29 is 4.92 Å². The van der Waals surface area contributed by atoms with Gasteiger partial charge in [0.15, 0.2) is 0 Å². The van der Waals surface area contributed by atoms with E-state index in [1.165, 1.54) is 19.4 Å². The smallest absolute Gasteiger partial charge is 0.273 e. The van der Waals surface area contributed by atoms with Crippen LogP contribution in [0.5, 0.6) is 0 Å². The zero-order chi connectivity index (χ0) is 14.8. The van der Waals surface area contributed by atoms with E-state index in [0.29, 0.717) is 5.33 Å². The lowest BCUT2D eigenvalue weighted by atomic mass is 10.1. The first-order chi connectivity index (χ1) is 10.2. The predicted octanol–water partition coefficient (Wildman–Crippen LogP) is 3.02. The summed E-state index contributed by atoms with van der Waals surface area (Å²) >= 11 is 3.35. The summed E-state index contributed by atoms with van der Waals surface area (Å²) in [5.41, 5.74) is 2.04. The van der Waals surface area contributed by atoms with Gasteiger partial charge in [-0.2, -0.15) is 0 Å². The Bertz CT molecular complexity index is 526. The summed E-state index contributed by atoms with van der Waals surface area (Å²) < 4.78 is 0. The fourth-order valence-electron chi connectivity index (χ4n) is 2.91. The molecule has 0 atom stereocenters. The number of nitro benzene ring substituents is 1. The summed E-state index contributed by atoms with van der Waals surface area (Å²) in [5, 5.41) is 11.5. The fraction of sp³-hybridized carbons (Fsp3) is 0.600. The highest BCUT2D eigenvalue weighted by atomic mass is 79.9. The van der Waals surface area contributed by atoms with Crippen LogP contribution in [0.25, 0.3) is 0 Å². The Kier molecular flexibility index (Phi) is 4.45. The first-order valence-electron chi connectivity index (χ1n) is 7.48. The Balaban J connectivity index is 1.65. The van der Waals surface area contributed by atoms with Crippen LogP contribution in [0.1, 0.15) is 18.4 Å². The lowest BCUT2D eigenvalue weighted by molar-refractivity contribution is -0.385. The number of anilines is 1. The van der Waals surface area contributed by atoms with Gasteiger partial charge in [-0.15, -0.1) is 0 Å². The van der Waals surface area contributed by atoms with Crippen molar-refractivity contribution in [2.75, 3.05) is 37.6 Å². The van der Waals surface area contributed by atoms with Gasteiger partial charge in [0.1, 0.15) is 0 Å². The predicted molar refractivity (Wildman–Crippen MR) is 87.1 cm³/mol. The third-order valence-corrected chi connectivity index (χ3v) is 4.96. The quantitative estimate of drug-likeness (QED) is 0.463. The van der Waals surface area contributed by atoms with Gasteiger partial charge in [-0.25, -0.2) is 0 Å². The topological polar surface area (TPSA) is 49.6 Å². The normalized spacial score (nSPS) is 19.8. The minimum atomic E-state index is -0.312. The summed E-state index contributed by atoms with van der Waals surface area (Å²) in [5.74, 6) is 0.941. The molecule has 114 valence electrons. The van der Waals surface area contributed by atoms with Crippen LogP contribution in [-0.2, 0) is 5.33 Å². The van der Waals surface area contributed by atoms with E-state index < -0.39 is 0 Å². The molecule has 21 heavy (non-hydrogen) atoms. The lowest BCUT2D eigenvalue weighted by Crippen LogP contribution is -2.47. The molecule has 3 rings (SSSR count). The van der Waals surface area contributed by atoms with Crippen LogP contribution in [0.15, 0.2) is 18.2 Å². The number of piperazine rings is 1. The van der Waals surface area contributed by atoms with Crippen molar-refractivity contribution in [3.05, 3.63) is 33.9 Å². The van der Waals surface area contributed by atoms with Gasteiger partial charge in [-0.3, -0.25) is 15.0 Å². The van der Waals surface area contributed by atoms with Crippen molar-refractivity contribution in [1.29, 1.82) is 0 Å². The van der Waals surface area contributed by atoms with Gasteiger partial charge in [0.25, 0.3) is 5.69 Å². The lowest BCUT2D eigenvalue weighted by Gasteiger charge is -2.36. The van der Waals surface area contributed by atoms with Crippen LogP contribution < -0.4 is 4.90 Å². The second-order valence-electron chi connectivity index (χ2n) is 5.93. The van der Waals surface area contributed by atoms with E-state index in [0.717, 1.165) is 43.3 Å². The van der Waals surface area contributed by atoms with E-state index in [1.54, 1.807) is 6.07 Å². The Labute approximate surface area is 133 Å². The first-order valence-corrected chi connectivity index (χ1v) is 8.60. The molecule has 6 heteroatoms. The van der Waals surface area contributed by atoms with E-state index in [9.17, 15) is 10.1 Å². The van der Waals surface area contributed by atoms with E-state index in [4.69, 9.17) is 0 Å². The van der Waals surface area contributed by atoms with Gasteiger partial charge in [0.05, 0.1) is 4.92 Å². The summed E-state index contributed by atoms with van der Waals surface area (Å²) in [7, 11) is 0. The highest BCUT2D eigenvalue weighted by Gasteiger charge is 2.26. The fourth-order valence-corrected chi connectivity index (χ4v) is 3.36. The van der Waals surface area contributed by atoms with Crippen LogP contribution in [0.4, 0.5) is 11.4 Å². The third-order valence-electron chi connectivity index (χ3n) is 4.35. The molecule has 0 aromatic heterocycles. The number of nitrogens with zero attached hydrogens (tertiary/aromatic N) is 3. The molecular formula is C15H20BrN3O2. The average Bonchev–Trinajstić information content (AvgIpc) is 3.31. The van der Waals surface area contributed by atoms with Crippen LogP contribution in [0.2, 0.25) is 0 Å². The van der Waals surface area contributed by atoms with E-state index in [1.807, 2.05) is 12.1 Å². The number of rotatable bonds is 5. The zero-order valence-corrected chi connectivity index (χ0v) is 13.6. The molecule has 0 bridgehead atoms. The summed E-state index contributed by atoms with van der Waals surface area (Å²) in [6.07, 6.45) is 2.80. The third kappa shape index (κ3) is 3.55. The van der Waals surface area contributed by atoms with E-state index in [-0.39, 0.29) is 10.6 Å². The van der Waals surface area contributed by atoms with Crippen molar-refractivity contribution in [3.63, 3.8) is 0 Å². The number of benzene rings is 1. The van der Waals surface area contributed by atoms with E-state index in [2.05, 4.69) is 25.7 Å². The molecule has 1 aromatic carbocycles. The first kappa shape index (κ1) is 14.8. The molecule has 1 saturated carbocycles. The van der Waals surface area contributed by atoms with Crippen molar-refractivity contribution in [1.82, 2.24) is 4.90 Å². The van der Waals surface area contributed by atoms with E-state index >= 15 is 0 Å². The van der Waals surface area contributed by atoms with Gasteiger partial charge in [0, 0.05) is 55.4 Å². The minimum Gasteiger partial charge on any atom is -0.369 e. The molecule has 1 aliphatic carbocycles. The monoisotopic (exact) mass is 353 g/mol. The SMILES string of the molecule is O=[N+]([O-])c1ccc(N2CCN(CC3CC3)CC2)cc1CBr. The van der Waals surface area contributed by atoms with Crippen molar-refractivity contribution in [2.24, 2.45) is 5.92 Å². The molecule has 5 nitrogen and oxygen atoms in total. The van der Waals surface area contributed by atoms with Gasteiger partial charge < -0.3 is 4.90 Å². The molecule has 1 heterocycles. The van der Waals surface area contributed by atoms with Crippen molar-refractivity contribution in [2.45, 2.75) is 18.2 Å². The van der Waals surface area contributed by atoms with Gasteiger partial charge in [0.2, 0.25) is 0 Å².